The number of methoxy groups -OCH3 is 1. The molecule has 0 aliphatic carbocycles. The monoisotopic (exact) mass is 1190 g/mol. The molecule has 39 nitrogen and oxygen atoms in total. The number of anilines is 3. The van der Waals surface area contributed by atoms with Gasteiger partial charge in [0.05, 0.1) is 52.2 Å². The van der Waals surface area contributed by atoms with E-state index >= 15 is 0 Å². The van der Waals surface area contributed by atoms with Gasteiger partial charge in [-0.25, -0.2) is 42.8 Å². The Hall–Kier alpha value is -5.15. The first-order valence-corrected chi connectivity index (χ1v) is 28.6. The molecule has 16 atom stereocenters. The second kappa shape index (κ2) is 22.1. The summed E-state index contributed by atoms with van der Waals surface area (Å²) in [6.07, 6.45) is -12.9. The maximum absolute atomic E-state index is 13.7. The minimum Gasteiger partial charge on any atom is -0.387 e. The Balaban J connectivity index is 0.871. The third-order valence-corrected chi connectivity index (χ3v) is 17.5. The number of aromatic nitrogens is 12. The minimum atomic E-state index is -6.18. The van der Waals surface area contributed by atoms with Gasteiger partial charge < -0.3 is 75.8 Å². The molecule has 0 aromatic carbocycles. The van der Waals surface area contributed by atoms with Crippen molar-refractivity contribution in [2.24, 2.45) is 13.0 Å². The van der Waals surface area contributed by atoms with Crippen molar-refractivity contribution in [2.45, 2.75) is 74.4 Å². The van der Waals surface area contributed by atoms with Gasteiger partial charge in [-0.3, -0.25) is 51.4 Å². The van der Waals surface area contributed by atoms with Gasteiger partial charge in [-0.2, -0.15) is 13.6 Å². The average Bonchev–Trinajstić information content (AvgIpc) is 4.29. The fraction of sp³-hybridized carbons (Fsp3) is 0.571. The number of ether oxygens (including phenoxy) is 5. The summed E-state index contributed by atoms with van der Waals surface area (Å²) >= 11 is 0. The number of nitrogens with zero attached hydrogens (tertiary/aromatic N) is 10. The Morgan fingerprint density at radius 2 is 1.29 bits per heavy atom. The number of nitrogen functional groups attached to an aromatic ring is 3. The van der Waals surface area contributed by atoms with Gasteiger partial charge in [0.25, 0.3) is 17.1 Å². The minimum absolute atomic E-state index is 0.0156. The van der Waals surface area contributed by atoms with Crippen LogP contribution in [0.25, 0.3) is 33.5 Å². The third-order valence-electron chi connectivity index (χ3n) is 12.3. The number of hydrogen-bond acceptors (Lipinski definition) is 29. The molecule has 0 saturated carbocycles. The fourth-order valence-electron chi connectivity index (χ4n) is 8.84. The number of aryl methyl sites for hydroxylation is 1. The topological polar surface area (TPSA) is 551 Å². The van der Waals surface area contributed by atoms with E-state index in [1.54, 1.807) is 6.92 Å². The Kier molecular flexibility index (Phi) is 16.3. The molecule has 3 fully saturated rings. The van der Waals surface area contributed by atoms with Crippen molar-refractivity contribution in [1.29, 1.82) is 0 Å². The molecule has 6 aromatic rings. The summed E-state index contributed by atoms with van der Waals surface area (Å²) in [5, 5.41) is 33.1. The molecule has 0 bridgehead atoms. The Morgan fingerprint density at radius 3 is 1.97 bits per heavy atom. The van der Waals surface area contributed by atoms with Gasteiger partial charge in [-0.15, -0.1) is 0 Å². The van der Waals surface area contributed by atoms with E-state index < -0.39 is 136 Å². The van der Waals surface area contributed by atoms with Crippen LogP contribution < -0.4 is 32.9 Å². The number of nitrogens with two attached hydrogens (primary N) is 3. The van der Waals surface area contributed by atoms with E-state index in [2.05, 4.69) is 48.5 Å². The summed E-state index contributed by atoms with van der Waals surface area (Å²) in [7, 11) is -20.8. The molecular weight excluding hydrogens is 1140 g/mol. The van der Waals surface area contributed by atoms with E-state index in [1.807, 2.05) is 0 Å². The van der Waals surface area contributed by atoms with Gasteiger partial charge in [0.2, 0.25) is 17.7 Å². The predicted molar refractivity (Wildman–Crippen MR) is 253 cm³/mol. The number of aliphatic hydroxyl groups is 3. The van der Waals surface area contributed by atoms with Crippen LogP contribution in [-0.4, -0.2) is 177 Å². The zero-order valence-electron chi connectivity index (χ0n) is 40.3. The first-order chi connectivity index (χ1) is 36.7. The van der Waals surface area contributed by atoms with E-state index in [4.69, 9.17) is 59.0 Å². The van der Waals surface area contributed by atoms with Crippen LogP contribution in [0.15, 0.2) is 34.9 Å². The summed E-state index contributed by atoms with van der Waals surface area (Å²) in [5.74, 6) is -1.69. The summed E-state index contributed by atoms with van der Waals surface area (Å²) < 4.78 is 116. The Bertz CT molecular complexity index is 3530. The van der Waals surface area contributed by atoms with E-state index in [-0.39, 0.29) is 64.4 Å². The van der Waals surface area contributed by atoms with Gasteiger partial charge in [-0.05, 0) is 6.92 Å². The highest BCUT2D eigenvalue weighted by molar-refractivity contribution is 7.66. The van der Waals surface area contributed by atoms with Crippen LogP contribution in [0.4, 0.5) is 17.7 Å². The largest absolute Gasteiger partial charge is 0.490 e. The predicted octanol–water partition coefficient (Wildman–Crippen LogP) is -3.42. The van der Waals surface area contributed by atoms with Crippen molar-refractivity contribution in [1.82, 2.24) is 53.6 Å². The molecule has 9 heterocycles. The maximum Gasteiger partial charge on any atom is 0.490 e. The molecule has 0 amide bonds. The molecule has 3 aliphatic heterocycles. The lowest BCUT2D eigenvalue weighted by atomic mass is 9.99. The number of aliphatic hydroxyl groups excluding tert-OH is 3. The summed E-state index contributed by atoms with van der Waals surface area (Å²) in [6, 6.07) is 0. The number of phosphoric ester groups is 3. The van der Waals surface area contributed by atoms with Crippen LogP contribution in [0.3, 0.4) is 0 Å². The molecule has 5 unspecified atom stereocenters. The van der Waals surface area contributed by atoms with Crippen LogP contribution in [0.2, 0.25) is 0 Å². The molecule has 0 radical (unpaired) electrons. The zero-order chi connectivity index (χ0) is 56.4. The first kappa shape index (κ1) is 57.5. The number of phosphoric acid groups is 4. The molecule has 9 rings (SSSR count). The van der Waals surface area contributed by atoms with Gasteiger partial charge in [0.15, 0.2) is 41.4 Å². The molecule has 3 aliphatic rings. The molecule has 428 valence electrons. The van der Waals surface area contributed by atoms with Crippen molar-refractivity contribution < 1.29 is 108 Å². The molecule has 15 N–H and O–H groups in total. The highest BCUT2D eigenvalue weighted by atomic mass is 31.3. The second-order valence-corrected chi connectivity index (χ2v) is 23.3. The van der Waals surface area contributed by atoms with Crippen LogP contribution in [0.1, 0.15) is 25.6 Å². The average molecular weight is 1190 g/mol. The van der Waals surface area contributed by atoms with Crippen LogP contribution in [0.5, 0.6) is 0 Å². The quantitative estimate of drug-likeness (QED) is 0.0233. The molecule has 0 spiro atoms. The van der Waals surface area contributed by atoms with Gasteiger partial charge in [0.1, 0.15) is 54.6 Å². The van der Waals surface area contributed by atoms with Crippen LogP contribution >= 0.6 is 31.3 Å². The number of H-pyrrole nitrogens is 2. The normalized spacial score (nSPS) is 29.8. The number of hydrogen-bond donors (Lipinski definition) is 12. The standard InChI is InChI=1S/C35H49N15O24P4/c1-4-65-5-13-14(69-31(20(13)51)50-12-47(2)19-28(50)44-35(38)46-30(19)55)6-67-76(58,59)73-78(62,63)74-77(60,61)68-8-16-23(24(64-3)33(71-16)48-10-41-17-25(36)39-9-40-26(17)48)72-75(56,57)66-7-15-21(52)22(53)32(70-15)49-11-42-18-27(49)43-34(37)45-29(18)54/h9-16,20-24,31-33,51-53H,4-8H2,1-3H3,(H11-,36,37,38,39,40,43,44,45,46,54,55,56,57,58,59,60,61,62,63)/p+1/t13-,14-,15-,16-,20-,21-,22-,23-,24-,31?,32-,33-/m1/s1. The molecule has 6 aromatic heterocycles. The number of aromatic amines is 2. The Morgan fingerprint density at radius 1 is 0.692 bits per heavy atom. The molecule has 43 heteroatoms. The molecule has 78 heavy (non-hydrogen) atoms. The molecular formula is C35H50N15O24P4+. The lowest BCUT2D eigenvalue weighted by molar-refractivity contribution is -0.745. The second-order valence-electron chi connectivity index (χ2n) is 17.3. The van der Waals surface area contributed by atoms with E-state index in [1.165, 1.54) is 27.1 Å². The lowest BCUT2D eigenvalue weighted by Gasteiger charge is -2.26. The number of rotatable bonds is 22. The number of nitrogens with one attached hydrogen (secondary N) is 2. The highest BCUT2D eigenvalue weighted by Crippen LogP contribution is 2.68. The van der Waals surface area contributed by atoms with Crippen molar-refractivity contribution in [3.8, 4) is 0 Å². The van der Waals surface area contributed by atoms with E-state index in [9.17, 15) is 62.7 Å². The number of fused-ring (bicyclic) bond motifs is 3. The summed E-state index contributed by atoms with van der Waals surface area (Å²) in [4.78, 5) is 96.6. The van der Waals surface area contributed by atoms with Crippen molar-refractivity contribution in [3.63, 3.8) is 0 Å². The van der Waals surface area contributed by atoms with Crippen molar-refractivity contribution >= 4 is 82.5 Å². The third kappa shape index (κ3) is 11.7. The van der Waals surface area contributed by atoms with Gasteiger partial charge in [-0.1, -0.05) is 4.98 Å². The Labute approximate surface area is 434 Å². The van der Waals surface area contributed by atoms with Crippen LogP contribution in [-0.2, 0) is 75.7 Å². The first-order valence-electron chi connectivity index (χ1n) is 22.6. The number of imidazole rings is 3. The lowest BCUT2D eigenvalue weighted by Crippen LogP contribution is -2.45. The smallest absolute Gasteiger partial charge is 0.387 e. The maximum atomic E-state index is 13.7. The fourth-order valence-corrected chi connectivity index (χ4v) is 13.3. The van der Waals surface area contributed by atoms with E-state index in [0.717, 1.165) is 30.7 Å². The SMILES string of the molecule is CCOC[C@@H]1[C@@H](COP(=O)(O)OP(=O)(O)OP(=O)(O)OC[C@H]2O[C@@H](n3cnc4c(N)ncnc43)[C@H](OC)[C@@H]2OP(=O)(O)OC[C@H]2O[C@@H](n3cnc4c(=O)[nH]c(N)nc43)[C@H](O)[C@@H]2O)OC([n+]2cn(C)c3c(=O)[nH]c(N)nc32)[C@@H]1O. The van der Waals surface area contributed by atoms with Crippen LogP contribution in [0, 0.1) is 5.92 Å². The van der Waals surface area contributed by atoms with Gasteiger partial charge in [0, 0.05) is 19.6 Å². The van der Waals surface area contributed by atoms with E-state index in [0.29, 0.717) is 0 Å². The zero-order valence-corrected chi connectivity index (χ0v) is 43.9. The van der Waals surface area contributed by atoms with Gasteiger partial charge >= 0.3 is 36.9 Å². The van der Waals surface area contributed by atoms with Crippen molar-refractivity contribution in [2.75, 3.05) is 57.3 Å². The summed E-state index contributed by atoms with van der Waals surface area (Å²) in [6.45, 7) is -1.63. The highest BCUT2D eigenvalue weighted by Gasteiger charge is 2.54. The molecule has 3 saturated heterocycles. The summed E-state index contributed by atoms with van der Waals surface area (Å²) in [5.41, 5.74) is 15.8. The van der Waals surface area contributed by atoms with Crippen molar-refractivity contribution in [3.05, 3.63) is 46.0 Å².